The second-order valence-electron chi connectivity index (χ2n) is 5.52. The van der Waals surface area contributed by atoms with Gasteiger partial charge in [-0.3, -0.25) is 9.10 Å². The largest absolute Gasteiger partial charge is 0.279 e. The Bertz CT molecular complexity index is 864. The van der Waals surface area contributed by atoms with Gasteiger partial charge in [0.15, 0.2) is 0 Å². The first-order valence-corrected chi connectivity index (χ1v) is 9.41. The van der Waals surface area contributed by atoms with Crippen molar-refractivity contribution in [2.75, 3.05) is 4.31 Å². The van der Waals surface area contributed by atoms with Crippen LogP contribution in [0.25, 0.3) is 0 Å². The van der Waals surface area contributed by atoms with Crippen LogP contribution in [0.2, 0.25) is 5.02 Å². The summed E-state index contributed by atoms with van der Waals surface area (Å²) >= 11 is 11.5. The van der Waals surface area contributed by atoms with Crippen molar-refractivity contribution in [1.82, 2.24) is 0 Å². The van der Waals surface area contributed by atoms with E-state index >= 15 is 0 Å². The Labute approximate surface area is 152 Å². The number of carbonyl (C=O) groups is 1. The first kappa shape index (κ1) is 18.8. The third kappa shape index (κ3) is 3.74. The zero-order chi connectivity index (χ0) is 18.1. The highest BCUT2D eigenvalue weighted by atomic mass is 35.5. The molecule has 2 rings (SSSR count). The second-order valence-corrected chi connectivity index (χ2v) is 8.15. The van der Waals surface area contributed by atoms with Gasteiger partial charge in [0, 0.05) is 5.02 Å². The van der Waals surface area contributed by atoms with Crippen LogP contribution >= 0.6 is 23.2 Å². The molecule has 1 unspecified atom stereocenters. The summed E-state index contributed by atoms with van der Waals surface area (Å²) in [5, 5.41) is -0.331. The Morgan fingerprint density at radius 1 is 1.08 bits per heavy atom. The van der Waals surface area contributed by atoms with E-state index in [4.69, 9.17) is 23.2 Å². The molecule has 2 aromatic rings. The van der Waals surface area contributed by atoms with Crippen molar-refractivity contribution in [1.29, 1.82) is 0 Å². The van der Waals surface area contributed by atoms with Gasteiger partial charge in [0.25, 0.3) is 10.0 Å². The molecular formula is C17H17Cl2NO3S. The van der Waals surface area contributed by atoms with Crippen LogP contribution < -0.4 is 4.31 Å². The Morgan fingerprint density at radius 2 is 1.67 bits per heavy atom. The van der Waals surface area contributed by atoms with Gasteiger partial charge in [-0.05, 0) is 73.8 Å². The number of sulfonamides is 1. The molecule has 0 aromatic heterocycles. The van der Waals surface area contributed by atoms with E-state index in [1.54, 1.807) is 19.1 Å². The number of aryl methyl sites for hydroxylation is 2. The third-order valence-corrected chi connectivity index (χ3v) is 6.12. The molecule has 0 heterocycles. The predicted octanol–water partition coefficient (Wildman–Crippen LogP) is 4.31. The lowest BCUT2D eigenvalue weighted by Crippen LogP contribution is -2.42. The van der Waals surface area contributed by atoms with Gasteiger partial charge in [0.2, 0.25) is 5.24 Å². The van der Waals surface area contributed by atoms with Crippen LogP contribution in [0, 0.1) is 13.8 Å². The molecule has 0 spiro atoms. The molecule has 0 aliphatic carbocycles. The van der Waals surface area contributed by atoms with Gasteiger partial charge < -0.3 is 0 Å². The molecule has 0 N–H and O–H groups in total. The molecule has 0 fully saturated rings. The smallest absolute Gasteiger partial charge is 0.265 e. The van der Waals surface area contributed by atoms with Gasteiger partial charge in [-0.15, -0.1) is 0 Å². The first-order valence-electron chi connectivity index (χ1n) is 7.21. The van der Waals surface area contributed by atoms with Crippen LogP contribution in [-0.4, -0.2) is 19.7 Å². The molecule has 0 radical (unpaired) electrons. The van der Waals surface area contributed by atoms with Gasteiger partial charge in [-0.25, -0.2) is 8.42 Å². The molecule has 0 amide bonds. The number of hydrogen-bond acceptors (Lipinski definition) is 3. The molecule has 7 heteroatoms. The van der Waals surface area contributed by atoms with Gasteiger partial charge in [0.05, 0.1) is 10.6 Å². The highest BCUT2D eigenvalue weighted by molar-refractivity contribution is 7.93. The first-order chi connectivity index (χ1) is 11.1. The molecule has 2 aromatic carbocycles. The molecule has 0 saturated carbocycles. The molecule has 0 saturated heterocycles. The fourth-order valence-corrected chi connectivity index (χ4v) is 4.27. The second kappa shape index (κ2) is 7.13. The molecular weight excluding hydrogens is 369 g/mol. The van der Waals surface area contributed by atoms with E-state index in [0.717, 1.165) is 15.4 Å². The Hall–Kier alpha value is -1.56. The predicted molar refractivity (Wildman–Crippen MR) is 97.4 cm³/mol. The van der Waals surface area contributed by atoms with E-state index in [9.17, 15) is 13.2 Å². The maximum Gasteiger partial charge on any atom is 0.265 e. The minimum absolute atomic E-state index is 0.0394. The van der Waals surface area contributed by atoms with Crippen molar-refractivity contribution in [2.45, 2.75) is 31.7 Å². The Kier molecular flexibility index (Phi) is 5.58. The van der Waals surface area contributed by atoms with E-state index in [2.05, 4.69) is 0 Å². The van der Waals surface area contributed by atoms with E-state index in [-0.39, 0.29) is 4.90 Å². The van der Waals surface area contributed by atoms with E-state index in [1.165, 1.54) is 31.2 Å². The van der Waals surface area contributed by atoms with Gasteiger partial charge in [-0.2, -0.15) is 0 Å². The number of benzene rings is 2. The lowest BCUT2D eigenvalue weighted by Gasteiger charge is -2.30. The average Bonchev–Trinajstić information content (AvgIpc) is 2.51. The average molecular weight is 386 g/mol. The minimum atomic E-state index is -3.98. The molecule has 1 atom stereocenters. The van der Waals surface area contributed by atoms with Crippen molar-refractivity contribution >= 4 is 44.2 Å². The number of hydrogen-bond donors (Lipinski definition) is 0. The van der Waals surface area contributed by atoms with E-state index in [1.807, 2.05) is 13.0 Å². The molecule has 0 aliphatic rings. The van der Waals surface area contributed by atoms with Gasteiger partial charge in [-0.1, -0.05) is 23.7 Å². The molecule has 128 valence electrons. The highest BCUT2D eigenvalue weighted by Crippen LogP contribution is 2.31. The van der Waals surface area contributed by atoms with Crippen LogP contribution in [0.4, 0.5) is 5.69 Å². The van der Waals surface area contributed by atoms with E-state index in [0.29, 0.717) is 10.7 Å². The van der Waals surface area contributed by atoms with Crippen LogP contribution in [0.1, 0.15) is 18.1 Å². The molecule has 0 aliphatic heterocycles. The van der Waals surface area contributed by atoms with Crippen LogP contribution in [0.15, 0.2) is 47.4 Å². The topological polar surface area (TPSA) is 54.5 Å². The summed E-state index contributed by atoms with van der Waals surface area (Å²) in [6, 6.07) is 10.1. The van der Waals surface area contributed by atoms with Gasteiger partial charge >= 0.3 is 0 Å². The van der Waals surface area contributed by atoms with Crippen LogP contribution in [0.3, 0.4) is 0 Å². The molecule has 4 nitrogen and oxygen atoms in total. The fourth-order valence-electron chi connectivity index (χ4n) is 2.32. The SMILES string of the molecule is Cc1ccc(C)c(N(C(C)C(=O)Cl)S(=O)(=O)c2ccc(Cl)cc2)c1. The van der Waals surface area contributed by atoms with Crippen molar-refractivity contribution < 1.29 is 13.2 Å². The van der Waals surface area contributed by atoms with E-state index < -0.39 is 21.3 Å². The summed E-state index contributed by atoms with van der Waals surface area (Å²) in [6.45, 7) is 5.10. The zero-order valence-corrected chi connectivity index (χ0v) is 15.8. The van der Waals surface area contributed by atoms with Crippen LogP contribution in [-0.2, 0) is 14.8 Å². The van der Waals surface area contributed by atoms with Crippen molar-refractivity contribution in [3.63, 3.8) is 0 Å². The fraction of sp³-hybridized carbons (Fsp3) is 0.235. The number of rotatable bonds is 5. The maximum atomic E-state index is 13.1. The lowest BCUT2D eigenvalue weighted by atomic mass is 10.1. The summed E-state index contributed by atoms with van der Waals surface area (Å²) in [5.41, 5.74) is 2.02. The maximum absolute atomic E-state index is 13.1. The number of nitrogens with zero attached hydrogens (tertiary/aromatic N) is 1. The molecule has 24 heavy (non-hydrogen) atoms. The van der Waals surface area contributed by atoms with Gasteiger partial charge in [0.1, 0.15) is 6.04 Å². The Balaban J connectivity index is 2.68. The van der Waals surface area contributed by atoms with Crippen molar-refractivity contribution in [3.8, 4) is 0 Å². The Morgan fingerprint density at radius 3 is 2.21 bits per heavy atom. The normalized spacial score (nSPS) is 12.7. The summed E-state index contributed by atoms with van der Waals surface area (Å²) in [5.74, 6) is 0. The monoisotopic (exact) mass is 385 g/mol. The minimum Gasteiger partial charge on any atom is -0.279 e. The quantitative estimate of drug-likeness (QED) is 0.720. The van der Waals surface area contributed by atoms with Crippen LogP contribution in [0.5, 0.6) is 0 Å². The standard InChI is InChI=1S/C17H17Cl2NO3S/c1-11-4-5-12(2)16(10-11)20(13(3)17(19)21)24(22,23)15-8-6-14(18)7-9-15/h4-10,13H,1-3H3. The summed E-state index contributed by atoms with van der Waals surface area (Å²) < 4.78 is 27.3. The highest BCUT2D eigenvalue weighted by Gasteiger charge is 2.33. The summed E-state index contributed by atoms with van der Waals surface area (Å²) in [7, 11) is -3.98. The number of carbonyl (C=O) groups excluding carboxylic acids is 1. The van der Waals surface area contributed by atoms with Crippen molar-refractivity contribution in [2.24, 2.45) is 0 Å². The number of halogens is 2. The lowest BCUT2D eigenvalue weighted by molar-refractivity contribution is -0.112. The third-order valence-electron chi connectivity index (χ3n) is 3.65. The van der Waals surface area contributed by atoms with Crippen molar-refractivity contribution in [3.05, 3.63) is 58.6 Å². The zero-order valence-electron chi connectivity index (χ0n) is 13.5. The summed E-state index contributed by atoms with van der Waals surface area (Å²) in [6.07, 6.45) is 0. The number of anilines is 1. The summed E-state index contributed by atoms with van der Waals surface area (Å²) in [4.78, 5) is 11.8. The molecule has 0 bridgehead atoms.